The van der Waals surface area contributed by atoms with Gasteiger partial charge in [-0.25, -0.2) is 0 Å². The molecular formula is C25H21NO3. The van der Waals surface area contributed by atoms with Crippen LogP contribution in [-0.2, 0) is 20.7 Å². The first-order valence-electron chi connectivity index (χ1n) is 9.87. The summed E-state index contributed by atoms with van der Waals surface area (Å²) < 4.78 is 5.53. The van der Waals surface area contributed by atoms with E-state index in [0.29, 0.717) is 5.56 Å². The van der Waals surface area contributed by atoms with E-state index in [0.717, 1.165) is 12.1 Å². The van der Waals surface area contributed by atoms with Crippen LogP contribution in [0, 0.1) is 0 Å². The molecule has 29 heavy (non-hydrogen) atoms. The van der Waals surface area contributed by atoms with Crippen LogP contribution < -0.4 is 4.90 Å². The number of fused-ring (bicyclic) bond motifs is 5. The Labute approximate surface area is 169 Å². The van der Waals surface area contributed by atoms with Crippen molar-refractivity contribution in [2.24, 2.45) is 0 Å². The molecule has 3 atom stereocenters. The number of amides is 1. The molecule has 0 saturated carbocycles. The zero-order valence-corrected chi connectivity index (χ0v) is 16.1. The standard InChI is InChI=1S/C25H21NO3/c1-16(27)29-24(17-9-3-2-4-10-17)25(28)26-22-14-8-7-13-20(22)21-15-18-11-5-6-12-19(18)23(21)26/h2-14,21,23-24H,15H2,1H3/t21-,23+,24+/m1/s1. The smallest absolute Gasteiger partial charge is 0.303 e. The minimum atomic E-state index is -0.965. The van der Waals surface area contributed by atoms with Crippen LogP contribution in [0.2, 0.25) is 0 Å². The first kappa shape index (κ1) is 17.7. The number of nitrogens with zero attached hydrogens (tertiary/aromatic N) is 1. The van der Waals surface area contributed by atoms with Gasteiger partial charge in [-0.15, -0.1) is 0 Å². The fourth-order valence-corrected chi connectivity index (χ4v) is 4.78. The summed E-state index contributed by atoms with van der Waals surface area (Å²) in [5.41, 5.74) is 5.22. The zero-order chi connectivity index (χ0) is 20.0. The number of esters is 1. The minimum Gasteiger partial charge on any atom is -0.447 e. The molecule has 3 aromatic rings. The molecule has 0 unspecified atom stereocenters. The summed E-state index contributed by atoms with van der Waals surface area (Å²) in [6.45, 7) is 1.34. The maximum atomic E-state index is 13.8. The number of benzene rings is 3. The summed E-state index contributed by atoms with van der Waals surface area (Å²) >= 11 is 0. The van der Waals surface area contributed by atoms with E-state index in [9.17, 15) is 9.59 Å². The van der Waals surface area contributed by atoms with Gasteiger partial charge in [0.25, 0.3) is 5.91 Å². The Morgan fingerprint density at radius 2 is 1.55 bits per heavy atom. The van der Waals surface area contributed by atoms with Crippen molar-refractivity contribution in [3.05, 3.63) is 101 Å². The highest BCUT2D eigenvalue weighted by molar-refractivity contribution is 6.01. The number of carbonyl (C=O) groups excluding carboxylic acids is 2. The largest absolute Gasteiger partial charge is 0.447 e. The van der Waals surface area contributed by atoms with Crippen molar-refractivity contribution < 1.29 is 14.3 Å². The quantitative estimate of drug-likeness (QED) is 0.615. The maximum absolute atomic E-state index is 13.8. The lowest BCUT2D eigenvalue weighted by atomic mass is 9.96. The molecule has 0 N–H and O–H groups in total. The van der Waals surface area contributed by atoms with Crippen LogP contribution in [0.4, 0.5) is 5.69 Å². The highest BCUT2D eigenvalue weighted by atomic mass is 16.5. The van der Waals surface area contributed by atoms with Gasteiger partial charge in [-0.3, -0.25) is 9.59 Å². The second kappa shape index (κ2) is 6.89. The van der Waals surface area contributed by atoms with Crippen molar-refractivity contribution in [2.45, 2.75) is 31.4 Å². The lowest BCUT2D eigenvalue weighted by Gasteiger charge is -2.29. The molecule has 1 amide bonds. The maximum Gasteiger partial charge on any atom is 0.303 e. The van der Waals surface area contributed by atoms with Gasteiger partial charge in [-0.05, 0) is 29.2 Å². The van der Waals surface area contributed by atoms with Crippen LogP contribution >= 0.6 is 0 Å². The molecule has 5 rings (SSSR count). The van der Waals surface area contributed by atoms with Crippen LogP contribution in [0.15, 0.2) is 78.9 Å². The molecule has 2 aliphatic rings. The van der Waals surface area contributed by atoms with E-state index in [1.165, 1.54) is 23.6 Å². The van der Waals surface area contributed by atoms with Crippen molar-refractivity contribution in [3.8, 4) is 0 Å². The molecule has 0 spiro atoms. The summed E-state index contributed by atoms with van der Waals surface area (Å²) in [4.78, 5) is 27.5. The Morgan fingerprint density at radius 1 is 0.897 bits per heavy atom. The lowest BCUT2D eigenvalue weighted by Crippen LogP contribution is -2.37. The van der Waals surface area contributed by atoms with E-state index in [1.54, 1.807) is 0 Å². The van der Waals surface area contributed by atoms with Crippen LogP contribution in [-0.4, -0.2) is 11.9 Å². The van der Waals surface area contributed by atoms with Gasteiger partial charge >= 0.3 is 5.97 Å². The molecule has 0 saturated heterocycles. The topological polar surface area (TPSA) is 46.6 Å². The number of anilines is 1. The van der Waals surface area contributed by atoms with E-state index in [-0.39, 0.29) is 17.9 Å². The normalized spacial score (nSPS) is 19.8. The second-order valence-electron chi connectivity index (χ2n) is 7.62. The summed E-state index contributed by atoms with van der Waals surface area (Å²) in [5.74, 6) is -0.451. The first-order chi connectivity index (χ1) is 14.1. The van der Waals surface area contributed by atoms with Gasteiger partial charge in [0.15, 0.2) is 0 Å². The summed E-state index contributed by atoms with van der Waals surface area (Å²) in [7, 11) is 0. The zero-order valence-electron chi connectivity index (χ0n) is 16.1. The number of hydrogen-bond acceptors (Lipinski definition) is 3. The molecular weight excluding hydrogens is 362 g/mol. The molecule has 4 heteroatoms. The molecule has 3 aromatic carbocycles. The van der Waals surface area contributed by atoms with Gasteiger partial charge < -0.3 is 9.64 Å². The molecule has 4 nitrogen and oxygen atoms in total. The molecule has 144 valence electrons. The Bertz CT molecular complexity index is 1090. The van der Waals surface area contributed by atoms with E-state index >= 15 is 0 Å². The third-order valence-corrected chi connectivity index (χ3v) is 5.92. The van der Waals surface area contributed by atoms with E-state index in [4.69, 9.17) is 4.74 Å². The van der Waals surface area contributed by atoms with Gasteiger partial charge in [0.05, 0.1) is 6.04 Å². The highest BCUT2D eigenvalue weighted by Gasteiger charge is 2.48. The summed E-state index contributed by atoms with van der Waals surface area (Å²) in [5, 5.41) is 0. The lowest BCUT2D eigenvalue weighted by molar-refractivity contribution is -0.153. The molecule has 0 radical (unpaired) electrons. The van der Waals surface area contributed by atoms with Gasteiger partial charge in [-0.2, -0.15) is 0 Å². The molecule has 1 heterocycles. The second-order valence-corrected chi connectivity index (χ2v) is 7.62. The molecule has 1 aliphatic heterocycles. The van der Waals surface area contributed by atoms with Gasteiger partial charge in [0.2, 0.25) is 6.10 Å². The Balaban J connectivity index is 1.62. The molecule has 1 aliphatic carbocycles. The number of carbonyl (C=O) groups is 2. The van der Waals surface area contributed by atoms with Crippen LogP contribution in [0.5, 0.6) is 0 Å². The monoisotopic (exact) mass is 383 g/mol. The van der Waals surface area contributed by atoms with Crippen LogP contribution in [0.1, 0.15) is 47.2 Å². The summed E-state index contributed by atoms with van der Waals surface area (Å²) in [6.07, 6.45) is -0.0566. The van der Waals surface area contributed by atoms with Crippen LogP contribution in [0.3, 0.4) is 0 Å². The van der Waals surface area contributed by atoms with Crippen LogP contribution in [0.25, 0.3) is 0 Å². The average molecular weight is 383 g/mol. The molecule has 0 aromatic heterocycles. The van der Waals surface area contributed by atoms with E-state index in [2.05, 4.69) is 18.2 Å². The third-order valence-electron chi connectivity index (χ3n) is 5.92. The van der Waals surface area contributed by atoms with Crippen molar-refractivity contribution in [3.63, 3.8) is 0 Å². The predicted molar refractivity (Wildman–Crippen MR) is 111 cm³/mol. The predicted octanol–water partition coefficient (Wildman–Crippen LogP) is 4.72. The fraction of sp³-hybridized carbons (Fsp3) is 0.200. The van der Waals surface area contributed by atoms with Crippen molar-refractivity contribution in [1.29, 1.82) is 0 Å². The van der Waals surface area contributed by atoms with Gasteiger partial charge in [0, 0.05) is 24.1 Å². The van der Waals surface area contributed by atoms with Crippen molar-refractivity contribution in [1.82, 2.24) is 0 Å². The molecule has 0 fully saturated rings. The fourth-order valence-electron chi connectivity index (χ4n) is 4.78. The number of para-hydroxylation sites is 1. The third kappa shape index (κ3) is 2.83. The van der Waals surface area contributed by atoms with Gasteiger partial charge in [-0.1, -0.05) is 72.8 Å². The van der Waals surface area contributed by atoms with Gasteiger partial charge in [0.1, 0.15) is 0 Å². The Kier molecular flexibility index (Phi) is 4.20. The van der Waals surface area contributed by atoms with E-state index < -0.39 is 12.1 Å². The first-order valence-corrected chi connectivity index (χ1v) is 9.87. The Morgan fingerprint density at radius 3 is 2.31 bits per heavy atom. The minimum absolute atomic E-state index is 0.0714. The summed E-state index contributed by atoms with van der Waals surface area (Å²) in [6, 6.07) is 25.6. The Hall–Kier alpha value is -3.40. The van der Waals surface area contributed by atoms with Crippen molar-refractivity contribution in [2.75, 3.05) is 4.90 Å². The number of hydrogen-bond donors (Lipinski definition) is 0. The van der Waals surface area contributed by atoms with Crippen molar-refractivity contribution >= 4 is 17.6 Å². The average Bonchev–Trinajstić information content (AvgIpc) is 3.27. The highest BCUT2D eigenvalue weighted by Crippen LogP contribution is 2.55. The SMILES string of the molecule is CC(=O)O[C@H](C(=O)N1c2ccccc2[C@H]2Cc3ccccc3[C@@H]21)c1ccccc1. The number of rotatable bonds is 3. The number of ether oxygens (including phenoxy) is 1. The van der Waals surface area contributed by atoms with E-state index in [1.807, 2.05) is 65.6 Å². The molecule has 0 bridgehead atoms.